The number of hydrogen-bond acceptors (Lipinski definition) is 4. The van der Waals surface area contributed by atoms with Gasteiger partial charge < -0.3 is 10.6 Å². The Bertz CT molecular complexity index is 582. The Balaban J connectivity index is 0.00000484. The molecular formula is C13H22ClIN4O2S2. The molecule has 0 saturated carbocycles. The van der Waals surface area contributed by atoms with E-state index < -0.39 is 10.0 Å². The fourth-order valence-electron chi connectivity index (χ4n) is 1.51. The molecule has 1 rings (SSSR count). The zero-order chi connectivity index (χ0) is 16.4. The van der Waals surface area contributed by atoms with Crippen LogP contribution >= 0.6 is 47.3 Å². The number of rotatable bonds is 8. The first kappa shape index (κ1) is 22.8. The Morgan fingerprint density at radius 2 is 1.78 bits per heavy atom. The first-order valence-corrected chi connectivity index (χ1v) is 9.94. The molecule has 0 aromatic heterocycles. The van der Waals surface area contributed by atoms with Crippen molar-refractivity contribution in [2.45, 2.75) is 4.90 Å². The summed E-state index contributed by atoms with van der Waals surface area (Å²) >= 11 is 7.55. The van der Waals surface area contributed by atoms with Crippen LogP contribution in [0.25, 0.3) is 0 Å². The highest BCUT2D eigenvalue weighted by Gasteiger charge is 2.01. The van der Waals surface area contributed by atoms with Crippen molar-refractivity contribution in [2.24, 2.45) is 4.99 Å². The van der Waals surface area contributed by atoms with Gasteiger partial charge in [0.25, 0.3) is 0 Å². The topological polar surface area (TPSA) is 82.6 Å². The van der Waals surface area contributed by atoms with E-state index in [4.69, 9.17) is 11.6 Å². The second-order valence-corrected chi connectivity index (χ2v) is 7.83. The zero-order valence-corrected chi connectivity index (χ0v) is 17.7. The van der Waals surface area contributed by atoms with Gasteiger partial charge in [0.1, 0.15) is 0 Å². The standard InChI is InChI=1S/C13H21ClN4O2S2.HI/c1-15-13(16-7-8-18-22(2,19)20)17-9-10-21-12-5-3-11(14)4-6-12;/h3-6,18H,7-10H2,1-2H3,(H2,15,16,17);1H. The Labute approximate surface area is 164 Å². The molecule has 3 N–H and O–H groups in total. The second-order valence-electron chi connectivity index (χ2n) is 4.39. The van der Waals surface area contributed by atoms with Gasteiger partial charge in [-0.3, -0.25) is 4.99 Å². The zero-order valence-electron chi connectivity index (χ0n) is 13.0. The van der Waals surface area contributed by atoms with Crippen molar-refractivity contribution >= 4 is 63.3 Å². The van der Waals surface area contributed by atoms with Crippen molar-refractivity contribution in [3.63, 3.8) is 0 Å². The average molecular weight is 493 g/mol. The third-order valence-corrected chi connectivity index (χ3v) is 4.48. The summed E-state index contributed by atoms with van der Waals surface area (Å²) in [6, 6.07) is 7.70. The molecule has 0 atom stereocenters. The van der Waals surface area contributed by atoms with Gasteiger partial charge in [0.05, 0.1) is 6.26 Å². The molecule has 10 heteroatoms. The Kier molecular flexibility index (Phi) is 12.1. The van der Waals surface area contributed by atoms with Crippen LogP contribution in [0.15, 0.2) is 34.2 Å². The third-order valence-electron chi connectivity index (χ3n) is 2.48. The molecule has 0 spiro atoms. The van der Waals surface area contributed by atoms with Crippen LogP contribution in [0.3, 0.4) is 0 Å². The summed E-state index contributed by atoms with van der Waals surface area (Å²) in [5, 5.41) is 6.93. The van der Waals surface area contributed by atoms with Gasteiger partial charge in [-0.2, -0.15) is 0 Å². The fourth-order valence-corrected chi connectivity index (χ4v) is 2.87. The maximum atomic E-state index is 10.9. The molecule has 0 amide bonds. The van der Waals surface area contributed by atoms with Gasteiger partial charge >= 0.3 is 0 Å². The lowest BCUT2D eigenvalue weighted by Crippen LogP contribution is -2.42. The van der Waals surface area contributed by atoms with Crippen LogP contribution in [-0.2, 0) is 10.0 Å². The molecule has 0 fully saturated rings. The first-order valence-electron chi connectivity index (χ1n) is 6.68. The van der Waals surface area contributed by atoms with Gasteiger partial charge in [0.2, 0.25) is 10.0 Å². The predicted molar refractivity (Wildman–Crippen MR) is 110 cm³/mol. The summed E-state index contributed by atoms with van der Waals surface area (Å²) in [4.78, 5) is 5.23. The largest absolute Gasteiger partial charge is 0.356 e. The Morgan fingerprint density at radius 1 is 1.17 bits per heavy atom. The monoisotopic (exact) mass is 492 g/mol. The number of hydrogen-bond donors (Lipinski definition) is 3. The second kappa shape index (κ2) is 12.2. The van der Waals surface area contributed by atoms with E-state index in [1.807, 2.05) is 24.3 Å². The minimum atomic E-state index is -3.15. The van der Waals surface area contributed by atoms with Gasteiger partial charge in [-0.1, -0.05) is 11.6 Å². The van der Waals surface area contributed by atoms with Gasteiger partial charge in [0.15, 0.2) is 5.96 Å². The molecule has 0 radical (unpaired) electrons. The number of nitrogens with zero attached hydrogens (tertiary/aromatic N) is 1. The summed E-state index contributed by atoms with van der Waals surface area (Å²) in [5.74, 6) is 1.52. The maximum absolute atomic E-state index is 10.9. The quantitative estimate of drug-likeness (QED) is 0.169. The van der Waals surface area contributed by atoms with Crippen LogP contribution in [-0.4, -0.2) is 53.1 Å². The van der Waals surface area contributed by atoms with Crippen LogP contribution in [0.1, 0.15) is 0 Å². The summed E-state index contributed by atoms with van der Waals surface area (Å²) < 4.78 is 24.2. The SMILES string of the molecule is CN=C(NCCNS(C)(=O)=O)NCCSc1ccc(Cl)cc1.I. The molecule has 0 unspecified atom stereocenters. The van der Waals surface area contributed by atoms with Crippen molar-refractivity contribution in [3.05, 3.63) is 29.3 Å². The lowest BCUT2D eigenvalue weighted by molar-refractivity contribution is 0.586. The highest BCUT2D eigenvalue weighted by Crippen LogP contribution is 2.19. The van der Waals surface area contributed by atoms with Crippen molar-refractivity contribution in [1.29, 1.82) is 0 Å². The minimum Gasteiger partial charge on any atom is -0.356 e. The molecule has 0 aliphatic rings. The van der Waals surface area contributed by atoms with E-state index in [1.165, 1.54) is 0 Å². The third kappa shape index (κ3) is 11.9. The van der Waals surface area contributed by atoms with Crippen LogP contribution in [0, 0.1) is 0 Å². The number of halogens is 2. The van der Waals surface area contributed by atoms with E-state index >= 15 is 0 Å². The number of sulfonamides is 1. The molecule has 1 aromatic rings. The van der Waals surface area contributed by atoms with Gasteiger partial charge in [-0.05, 0) is 24.3 Å². The number of guanidine groups is 1. The highest BCUT2D eigenvalue weighted by atomic mass is 127. The smallest absolute Gasteiger partial charge is 0.208 e. The number of benzene rings is 1. The van der Waals surface area contributed by atoms with Crippen molar-refractivity contribution < 1.29 is 8.42 Å². The van der Waals surface area contributed by atoms with Crippen molar-refractivity contribution in [1.82, 2.24) is 15.4 Å². The molecule has 1 aromatic carbocycles. The van der Waals surface area contributed by atoms with Gasteiger partial charge in [-0.15, -0.1) is 35.7 Å². The van der Waals surface area contributed by atoms with E-state index in [9.17, 15) is 8.42 Å². The summed E-state index contributed by atoms with van der Waals surface area (Å²) in [6.07, 6.45) is 1.13. The van der Waals surface area contributed by atoms with Crippen LogP contribution in [0.4, 0.5) is 0 Å². The number of nitrogens with one attached hydrogen (secondary N) is 3. The Hall–Kier alpha value is -0.230. The minimum absolute atomic E-state index is 0. The van der Waals surface area contributed by atoms with Crippen molar-refractivity contribution in [3.8, 4) is 0 Å². The molecular weight excluding hydrogens is 471 g/mol. The first-order chi connectivity index (χ1) is 10.4. The molecule has 0 bridgehead atoms. The average Bonchev–Trinajstić information content (AvgIpc) is 2.46. The molecule has 0 aliphatic heterocycles. The van der Waals surface area contributed by atoms with E-state index in [0.717, 1.165) is 28.5 Å². The fraction of sp³-hybridized carbons (Fsp3) is 0.462. The number of aliphatic imine (C=N–C) groups is 1. The lowest BCUT2D eigenvalue weighted by Gasteiger charge is -2.11. The van der Waals surface area contributed by atoms with Crippen LogP contribution < -0.4 is 15.4 Å². The molecule has 6 nitrogen and oxygen atoms in total. The lowest BCUT2D eigenvalue weighted by atomic mass is 10.4. The number of thioether (sulfide) groups is 1. The van der Waals surface area contributed by atoms with E-state index in [-0.39, 0.29) is 24.0 Å². The normalized spacial score (nSPS) is 11.7. The van der Waals surface area contributed by atoms with Gasteiger partial charge in [-0.25, -0.2) is 13.1 Å². The van der Waals surface area contributed by atoms with Crippen molar-refractivity contribution in [2.75, 3.05) is 38.7 Å². The maximum Gasteiger partial charge on any atom is 0.208 e. The van der Waals surface area contributed by atoms with Crippen LogP contribution in [0.5, 0.6) is 0 Å². The molecule has 0 saturated heterocycles. The summed E-state index contributed by atoms with van der Waals surface area (Å²) in [6.45, 7) is 1.53. The molecule has 132 valence electrons. The molecule has 0 heterocycles. The van der Waals surface area contributed by atoms with Crippen LogP contribution in [0.2, 0.25) is 5.02 Å². The van der Waals surface area contributed by atoms with E-state index in [2.05, 4.69) is 20.3 Å². The molecule has 23 heavy (non-hydrogen) atoms. The predicted octanol–water partition coefficient (Wildman–Crippen LogP) is 1.76. The van der Waals surface area contributed by atoms with E-state index in [0.29, 0.717) is 19.0 Å². The molecule has 0 aliphatic carbocycles. The highest BCUT2D eigenvalue weighted by molar-refractivity contribution is 14.0. The summed E-state index contributed by atoms with van der Waals surface area (Å²) in [5.41, 5.74) is 0. The van der Waals surface area contributed by atoms with E-state index in [1.54, 1.807) is 18.8 Å². The van der Waals surface area contributed by atoms with Gasteiger partial charge in [0, 0.05) is 42.4 Å². The Morgan fingerprint density at radius 3 is 2.35 bits per heavy atom. The summed E-state index contributed by atoms with van der Waals surface area (Å²) in [7, 11) is -1.47.